The minimum atomic E-state index is -0.0326. The highest BCUT2D eigenvalue weighted by molar-refractivity contribution is 7.13. The molecule has 4 N–H and O–H groups in total. The molecule has 0 unspecified atom stereocenters. The maximum Gasteiger partial charge on any atom is 0.212 e. The number of aliphatic imine (C=N–C) groups is 1. The van der Waals surface area contributed by atoms with Gasteiger partial charge in [0.15, 0.2) is 5.96 Å². The monoisotopic (exact) mass is 244 g/mol. The van der Waals surface area contributed by atoms with Gasteiger partial charge in [0.1, 0.15) is 6.07 Å². The largest absolute Gasteiger partial charge is 0.370 e. The van der Waals surface area contributed by atoms with Gasteiger partial charge in [0.25, 0.3) is 0 Å². The molecule has 0 bridgehead atoms. The Balaban J connectivity index is 2.37. The van der Waals surface area contributed by atoms with Gasteiger partial charge in [-0.25, -0.2) is 4.98 Å². The number of nitrogens with zero attached hydrogens (tertiary/aromatic N) is 4. The molecule has 0 aliphatic rings. The Hall–Kier alpha value is -2.46. The van der Waals surface area contributed by atoms with Gasteiger partial charge in [-0.3, -0.25) is 4.98 Å². The van der Waals surface area contributed by atoms with Gasteiger partial charge in [-0.05, 0) is 6.07 Å². The Morgan fingerprint density at radius 1 is 1.41 bits per heavy atom. The zero-order valence-electron chi connectivity index (χ0n) is 8.66. The van der Waals surface area contributed by atoms with Crippen LogP contribution in [-0.2, 0) is 0 Å². The van der Waals surface area contributed by atoms with Gasteiger partial charge in [-0.1, -0.05) is 0 Å². The van der Waals surface area contributed by atoms with Crippen LogP contribution in [0.4, 0.5) is 5.13 Å². The maximum atomic E-state index is 8.77. The average Bonchev–Trinajstić information content (AvgIpc) is 2.77. The molecule has 0 spiro atoms. The summed E-state index contributed by atoms with van der Waals surface area (Å²) < 4.78 is 0. The van der Waals surface area contributed by atoms with E-state index in [0.717, 1.165) is 5.56 Å². The van der Waals surface area contributed by atoms with Gasteiger partial charge in [-0.15, -0.1) is 11.3 Å². The number of guanidine groups is 1. The quantitative estimate of drug-likeness (QED) is 0.603. The topological polar surface area (TPSA) is 114 Å². The third-order valence-corrected chi connectivity index (χ3v) is 2.61. The summed E-state index contributed by atoms with van der Waals surface area (Å²) in [7, 11) is 0. The van der Waals surface area contributed by atoms with E-state index in [4.69, 9.17) is 16.7 Å². The van der Waals surface area contributed by atoms with Crippen LogP contribution in [0.15, 0.2) is 28.8 Å². The van der Waals surface area contributed by atoms with Gasteiger partial charge >= 0.3 is 0 Å². The molecule has 0 saturated carbocycles. The van der Waals surface area contributed by atoms with Gasteiger partial charge in [-0.2, -0.15) is 10.3 Å². The van der Waals surface area contributed by atoms with Crippen molar-refractivity contribution in [2.45, 2.75) is 0 Å². The summed E-state index contributed by atoms with van der Waals surface area (Å²) in [6, 6.07) is 3.73. The number of pyridine rings is 1. The molecule has 0 atom stereocenters. The van der Waals surface area contributed by atoms with Crippen LogP contribution in [0.1, 0.15) is 5.56 Å². The summed E-state index contributed by atoms with van der Waals surface area (Å²) in [4.78, 5) is 12.0. The number of nitrogens with two attached hydrogens (primary N) is 2. The van der Waals surface area contributed by atoms with E-state index in [1.807, 2.05) is 6.07 Å². The summed E-state index contributed by atoms with van der Waals surface area (Å²) in [5.74, 6) is -0.0326. The van der Waals surface area contributed by atoms with E-state index in [2.05, 4.69) is 15.0 Å². The first-order valence-electron chi connectivity index (χ1n) is 4.59. The van der Waals surface area contributed by atoms with E-state index in [0.29, 0.717) is 16.4 Å². The minimum Gasteiger partial charge on any atom is -0.370 e. The molecule has 7 heteroatoms. The lowest BCUT2D eigenvalue weighted by Crippen LogP contribution is -2.21. The standard InChI is InChI=1S/C10H8N6S/c11-2-6-1-7(4-14-3-6)8-5-17-10(15-8)16-9(12)13/h1,3-5H,(H4,12,13,15,16). The Morgan fingerprint density at radius 2 is 2.24 bits per heavy atom. The Bertz CT molecular complexity index is 605. The van der Waals surface area contributed by atoms with Crippen LogP contribution in [0.5, 0.6) is 0 Å². The molecule has 6 nitrogen and oxygen atoms in total. The fourth-order valence-electron chi connectivity index (χ4n) is 1.20. The van der Waals surface area contributed by atoms with Crippen molar-refractivity contribution in [2.24, 2.45) is 16.5 Å². The molecule has 0 saturated heterocycles. The number of nitriles is 1. The van der Waals surface area contributed by atoms with Crippen LogP contribution in [0.2, 0.25) is 0 Å². The molecule has 2 aromatic rings. The van der Waals surface area contributed by atoms with Crippen LogP contribution < -0.4 is 11.5 Å². The minimum absolute atomic E-state index is 0.0326. The zero-order valence-corrected chi connectivity index (χ0v) is 9.48. The molecule has 17 heavy (non-hydrogen) atoms. The Labute approximate surface area is 101 Å². The summed E-state index contributed by atoms with van der Waals surface area (Å²) in [6.07, 6.45) is 3.13. The molecule has 2 heterocycles. The molecular weight excluding hydrogens is 236 g/mol. The van der Waals surface area contributed by atoms with Crippen LogP contribution in [0.3, 0.4) is 0 Å². The van der Waals surface area contributed by atoms with E-state index in [1.165, 1.54) is 17.5 Å². The van der Waals surface area contributed by atoms with E-state index < -0.39 is 0 Å². The van der Waals surface area contributed by atoms with E-state index in [1.54, 1.807) is 17.6 Å². The maximum absolute atomic E-state index is 8.77. The first kappa shape index (κ1) is 11.0. The van der Waals surface area contributed by atoms with Crippen molar-refractivity contribution in [3.63, 3.8) is 0 Å². The summed E-state index contributed by atoms with van der Waals surface area (Å²) in [5.41, 5.74) is 12.5. The zero-order chi connectivity index (χ0) is 12.3. The van der Waals surface area contributed by atoms with Crippen molar-refractivity contribution >= 4 is 22.4 Å². The molecule has 84 valence electrons. The second-order valence-corrected chi connectivity index (χ2v) is 3.96. The lowest BCUT2D eigenvalue weighted by Gasteiger charge is -1.95. The highest BCUT2D eigenvalue weighted by Gasteiger charge is 2.05. The third-order valence-electron chi connectivity index (χ3n) is 1.88. The summed E-state index contributed by atoms with van der Waals surface area (Å²) in [5, 5.41) is 11.1. The SMILES string of the molecule is N#Cc1cncc(-c2csc(N=C(N)N)n2)c1. The number of hydrogen-bond donors (Lipinski definition) is 2. The molecule has 2 rings (SSSR count). The van der Waals surface area contributed by atoms with Crippen molar-refractivity contribution in [1.29, 1.82) is 5.26 Å². The fourth-order valence-corrected chi connectivity index (χ4v) is 1.91. The molecule has 0 aromatic carbocycles. The molecule has 0 amide bonds. The number of thiazole rings is 1. The van der Waals surface area contributed by atoms with E-state index in [9.17, 15) is 0 Å². The number of rotatable bonds is 2. The van der Waals surface area contributed by atoms with Crippen molar-refractivity contribution < 1.29 is 0 Å². The van der Waals surface area contributed by atoms with E-state index >= 15 is 0 Å². The van der Waals surface area contributed by atoms with Gasteiger partial charge in [0.05, 0.1) is 11.3 Å². The molecular formula is C10H8N6S. The molecule has 0 aliphatic carbocycles. The van der Waals surface area contributed by atoms with Crippen LogP contribution in [0, 0.1) is 11.3 Å². The second kappa shape index (κ2) is 4.59. The number of hydrogen-bond acceptors (Lipinski definition) is 5. The third kappa shape index (κ3) is 2.56. The predicted molar refractivity (Wildman–Crippen MR) is 65.5 cm³/mol. The summed E-state index contributed by atoms with van der Waals surface area (Å²) >= 11 is 1.32. The van der Waals surface area contributed by atoms with Crippen LogP contribution in [-0.4, -0.2) is 15.9 Å². The first-order chi connectivity index (χ1) is 8.19. The fraction of sp³-hybridized carbons (Fsp3) is 0. The lowest BCUT2D eigenvalue weighted by atomic mass is 10.2. The lowest BCUT2D eigenvalue weighted by molar-refractivity contribution is 1.27. The highest BCUT2D eigenvalue weighted by atomic mass is 32.1. The Kier molecular flexibility index (Phi) is 2.98. The van der Waals surface area contributed by atoms with Gasteiger partial charge in [0.2, 0.25) is 5.13 Å². The van der Waals surface area contributed by atoms with Gasteiger partial charge in [0, 0.05) is 23.3 Å². The molecule has 0 fully saturated rings. The normalized spacial score (nSPS) is 9.59. The predicted octanol–water partition coefficient (Wildman–Crippen LogP) is 0.982. The van der Waals surface area contributed by atoms with Crippen LogP contribution >= 0.6 is 11.3 Å². The van der Waals surface area contributed by atoms with Crippen molar-refractivity contribution in [2.75, 3.05) is 0 Å². The molecule has 0 aliphatic heterocycles. The highest BCUT2D eigenvalue weighted by Crippen LogP contribution is 2.26. The van der Waals surface area contributed by atoms with Crippen LogP contribution in [0.25, 0.3) is 11.3 Å². The average molecular weight is 244 g/mol. The van der Waals surface area contributed by atoms with E-state index in [-0.39, 0.29) is 5.96 Å². The van der Waals surface area contributed by atoms with Crippen molar-refractivity contribution in [1.82, 2.24) is 9.97 Å². The smallest absolute Gasteiger partial charge is 0.212 e. The van der Waals surface area contributed by atoms with Crippen molar-refractivity contribution in [3.05, 3.63) is 29.4 Å². The first-order valence-corrected chi connectivity index (χ1v) is 5.47. The van der Waals surface area contributed by atoms with Gasteiger partial charge < -0.3 is 11.5 Å². The Morgan fingerprint density at radius 3 is 2.94 bits per heavy atom. The second-order valence-electron chi connectivity index (χ2n) is 3.13. The molecule has 2 aromatic heterocycles. The summed E-state index contributed by atoms with van der Waals surface area (Å²) in [6.45, 7) is 0. The van der Waals surface area contributed by atoms with Crippen molar-refractivity contribution in [3.8, 4) is 17.3 Å². The number of aromatic nitrogens is 2. The molecule has 0 radical (unpaired) electrons.